The molecule has 0 atom stereocenters. The van der Waals surface area contributed by atoms with Crippen LogP contribution in [0.4, 0.5) is 11.6 Å². The summed E-state index contributed by atoms with van der Waals surface area (Å²) in [6, 6.07) is 14.7. The van der Waals surface area contributed by atoms with E-state index in [2.05, 4.69) is 10.3 Å². The van der Waals surface area contributed by atoms with Gasteiger partial charge in [0.05, 0.1) is 26.3 Å². The normalized spacial score (nSPS) is 10.7. The maximum Gasteiger partial charge on any atom is 0.307 e. The molecule has 4 aromatic rings. The number of hydrogen-bond donors (Lipinski definition) is 2. The number of ether oxygens (including phenoxy) is 2. The Balaban J connectivity index is 1.71. The van der Waals surface area contributed by atoms with E-state index >= 15 is 0 Å². The highest BCUT2D eigenvalue weighted by Crippen LogP contribution is 2.32. The Kier molecular flexibility index (Phi) is 5.21. The number of carboxylic acid groups (broad SMARTS) is 1. The van der Waals surface area contributed by atoms with E-state index in [0.717, 1.165) is 28.2 Å². The monoisotopic (exact) mass is 404 g/mol. The largest absolute Gasteiger partial charge is 0.493 e. The van der Waals surface area contributed by atoms with E-state index < -0.39 is 5.97 Å². The number of imidazole rings is 1. The maximum absolute atomic E-state index is 10.9. The second-order valence-corrected chi connectivity index (χ2v) is 6.58. The summed E-state index contributed by atoms with van der Waals surface area (Å²) < 4.78 is 12.6. The molecule has 0 aliphatic carbocycles. The molecule has 2 heterocycles. The Morgan fingerprint density at radius 2 is 1.83 bits per heavy atom. The molecular weight excluding hydrogens is 384 g/mol. The van der Waals surface area contributed by atoms with E-state index in [4.69, 9.17) is 19.6 Å². The van der Waals surface area contributed by atoms with E-state index in [1.165, 1.54) is 0 Å². The number of carbonyl (C=O) groups is 1. The number of aliphatic carboxylic acids is 1. The van der Waals surface area contributed by atoms with Gasteiger partial charge in [-0.25, -0.2) is 9.97 Å². The Labute approximate surface area is 172 Å². The molecule has 8 nitrogen and oxygen atoms in total. The van der Waals surface area contributed by atoms with Crippen molar-refractivity contribution in [1.29, 1.82) is 0 Å². The molecule has 8 heteroatoms. The summed E-state index contributed by atoms with van der Waals surface area (Å²) in [4.78, 5) is 20.0. The Morgan fingerprint density at radius 3 is 2.53 bits per heavy atom. The van der Waals surface area contributed by atoms with Gasteiger partial charge in [-0.05, 0) is 35.9 Å². The fourth-order valence-electron chi connectivity index (χ4n) is 3.16. The van der Waals surface area contributed by atoms with Crippen molar-refractivity contribution in [2.45, 2.75) is 6.42 Å². The zero-order chi connectivity index (χ0) is 21.1. The van der Waals surface area contributed by atoms with Crippen molar-refractivity contribution >= 4 is 23.3 Å². The van der Waals surface area contributed by atoms with Crippen molar-refractivity contribution in [3.63, 3.8) is 0 Å². The predicted molar refractivity (Wildman–Crippen MR) is 113 cm³/mol. The molecule has 0 saturated carbocycles. The van der Waals surface area contributed by atoms with Gasteiger partial charge in [0, 0.05) is 29.7 Å². The van der Waals surface area contributed by atoms with E-state index in [0.29, 0.717) is 17.4 Å². The van der Waals surface area contributed by atoms with Crippen LogP contribution in [0.25, 0.3) is 16.9 Å². The first-order chi connectivity index (χ1) is 14.6. The first kappa shape index (κ1) is 19.3. The minimum Gasteiger partial charge on any atom is -0.493 e. The number of nitrogens with zero attached hydrogens (tertiary/aromatic N) is 3. The molecule has 2 aromatic carbocycles. The van der Waals surface area contributed by atoms with E-state index in [-0.39, 0.29) is 6.42 Å². The van der Waals surface area contributed by atoms with E-state index in [1.807, 2.05) is 47.0 Å². The summed E-state index contributed by atoms with van der Waals surface area (Å²) in [5, 5.41) is 12.2. The van der Waals surface area contributed by atoms with Crippen LogP contribution in [0.2, 0.25) is 0 Å². The van der Waals surface area contributed by atoms with Crippen LogP contribution in [-0.4, -0.2) is 39.7 Å². The zero-order valence-electron chi connectivity index (χ0n) is 16.5. The lowest BCUT2D eigenvalue weighted by atomic mass is 10.1. The van der Waals surface area contributed by atoms with E-state index in [1.54, 1.807) is 32.5 Å². The Bertz CT molecular complexity index is 1200. The molecule has 0 aliphatic heterocycles. The van der Waals surface area contributed by atoms with Crippen molar-refractivity contribution in [1.82, 2.24) is 14.4 Å². The molecule has 0 saturated heterocycles. The van der Waals surface area contributed by atoms with Gasteiger partial charge in [-0.15, -0.1) is 0 Å². The number of aromatic nitrogens is 3. The fourth-order valence-corrected chi connectivity index (χ4v) is 3.16. The second kappa shape index (κ2) is 8.12. The van der Waals surface area contributed by atoms with Crippen molar-refractivity contribution in [3.8, 4) is 22.8 Å². The molecule has 4 rings (SSSR count). The summed E-state index contributed by atoms with van der Waals surface area (Å²) in [6.07, 6.45) is 3.51. The average molecular weight is 404 g/mol. The fraction of sp³-hybridized carbons (Fsp3) is 0.136. The number of fused-ring (bicyclic) bond motifs is 1. The SMILES string of the molecule is COc1ccc(-c2cc3nccn3c(Nc3ccc(CC(=O)O)cc3)n2)cc1OC. The summed E-state index contributed by atoms with van der Waals surface area (Å²) in [6.45, 7) is 0. The molecule has 2 N–H and O–H groups in total. The lowest BCUT2D eigenvalue weighted by molar-refractivity contribution is -0.136. The van der Waals surface area contributed by atoms with Crippen molar-refractivity contribution < 1.29 is 19.4 Å². The lowest BCUT2D eigenvalue weighted by Gasteiger charge is -2.12. The third-order valence-electron chi connectivity index (χ3n) is 4.63. The highest BCUT2D eigenvalue weighted by Gasteiger charge is 2.12. The van der Waals surface area contributed by atoms with Gasteiger partial charge in [0.15, 0.2) is 11.5 Å². The van der Waals surface area contributed by atoms with Crippen LogP contribution in [-0.2, 0) is 11.2 Å². The highest BCUT2D eigenvalue weighted by molar-refractivity contribution is 5.72. The third-order valence-corrected chi connectivity index (χ3v) is 4.63. The number of benzene rings is 2. The second-order valence-electron chi connectivity index (χ2n) is 6.58. The first-order valence-electron chi connectivity index (χ1n) is 9.21. The van der Waals surface area contributed by atoms with Crippen molar-refractivity contribution in [2.75, 3.05) is 19.5 Å². The Hall–Kier alpha value is -4.07. The van der Waals surface area contributed by atoms with Crippen LogP contribution < -0.4 is 14.8 Å². The average Bonchev–Trinajstić information content (AvgIpc) is 3.23. The van der Waals surface area contributed by atoms with Gasteiger partial charge in [0.25, 0.3) is 0 Å². The first-order valence-corrected chi connectivity index (χ1v) is 9.21. The number of nitrogens with one attached hydrogen (secondary N) is 1. The number of methoxy groups -OCH3 is 2. The molecule has 0 radical (unpaired) electrons. The minimum absolute atomic E-state index is 0.0148. The molecule has 0 spiro atoms. The molecule has 0 unspecified atom stereocenters. The lowest BCUT2D eigenvalue weighted by Crippen LogP contribution is -2.03. The predicted octanol–water partition coefficient (Wildman–Crippen LogP) is 3.78. The van der Waals surface area contributed by atoms with Crippen molar-refractivity contribution in [3.05, 3.63) is 66.5 Å². The van der Waals surface area contributed by atoms with Gasteiger partial charge in [0.2, 0.25) is 5.95 Å². The highest BCUT2D eigenvalue weighted by atomic mass is 16.5. The molecule has 152 valence electrons. The van der Waals surface area contributed by atoms with Crippen LogP contribution in [0.15, 0.2) is 60.9 Å². The number of hydrogen-bond acceptors (Lipinski definition) is 6. The van der Waals surface area contributed by atoms with Gasteiger partial charge < -0.3 is 19.9 Å². The molecule has 0 bridgehead atoms. The minimum atomic E-state index is -0.861. The van der Waals surface area contributed by atoms with Crippen LogP contribution in [0.5, 0.6) is 11.5 Å². The van der Waals surface area contributed by atoms with Gasteiger partial charge in [0.1, 0.15) is 5.65 Å². The molecule has 0 aliphatic rings. The maximum atomic E-state index is 10.9. The molecule has 0 fully saturated rings. The van der Waals surface area contributed by atoms with Crippen LogP contribution in [0.3, 0.4) is 0 Å². The van der Waals surface area contributed by atoms with Gasteiger partial charge in [-0.1, -0.05) is 12.1 Å². The number of carboxylic acids is 1. The van der Waals surface area contributed by atoms with E-state index in [9.17, 15) is 4.79 Å². The van der Waals surface area contributed by atoms with Crippen LogP contribution >= 0.6 is 0 Å². The summed E-state index contributed by atoms with van der Waals surface area (Å²) >= 11 is 0. The molecule has 2 aromatic heterocycles. The van der Waals surface area contributed by atoms with Gasteiger partial charge in [-0.2, -0.15) is 0 Å². The smallest absolute Gasteiger partial charge is 0.307 e. The quantitative estimate of drug-likeness (QED) is 0.484. The summed E-state index contributed by atoms with van der Waals surface area (Å²) in [5.41, 5.74) is 3.83. The molecule has 0 amide bonds. The summed E-state index contributed by atoms with van der Waals surface area (Å²) in [7, 11) is 3.18. The van der Waals surface area contributed by atoms with Crippen LogP contribution in [0.1, 0.15) is 5.56 Å². The third kappa shape index (κ3) is 3.88. The van der Waals surface area contributed by atoms with Gasteiger partial charge >= 0.3 is 5.97 Å². The standard InChI is InChI=1S/C22H20N4O4/c1-29-18-8-5-15(12-19(18)30-2)17-13-20-23-9-10-26(20)22(25-17)24-16-6-3-14(4-7-16)11-21(27)28/h3-10,12-13H,11H2,1-2H3,(H,24,25)(H,27,28). The Morgan fingerprint density at radius 1 is 1.07 bits per heavy atom. The molecular formula is C22H20N4O4. The topological polar surface area (TPSA) is 98.0 Å². The molecule has 30 heavy (non-hydrogen) atoms. The summed E-state index contributed by atoms with van der Waals surface area (Å²) in [5.74, 6) is 0.979. The van der Waals surface area contributed by atoms with Gasteiger partial charge in [-0.3, -0.25) is 9.20 Å². The number of anilines is 2. The van der Waals surface area contributed by atoms with Crippen molar-refractivity contribution in [2.24, 2.45) is 0 Å². The zero-order valence-corrected chi connectivity index (χ0v) is 16.5. The van der Waals surface area contributed by atoms with Crippen LogP contribution in [0, 0.1) is 0 Å². The number of rotatable bonds is 7.